The highest BCUT2D eigenvalue weighted by molar-refractivity contribution is 5.96. The predicted octanol–water partition coefficient (Wildman–Crippen LogP) is 6.02. The van der Waals surface area contributed by atoms with E-state index >= 15 is 0 Å². The molecule has 0 aliphatic heterocycles. The lowest BCUT2D eigenvalue weighted by molar-refractivity contribution is -0.116. The summed E-state index contributed by atoms with van der Waals surface area (Å²) in [6.45, 7) is 8.27. The molecule has 4 aromatic rings. The van der Waals surface area contributed by atoms with Crippen LogP contribution in [0.15, 0.2) is 84.9 Å². The van der Waals surface area contributed by atoms with Gasteiger partial charge >= 0.3 is 6.03 Å². The van der Waals surface area contributed by atoms with Crippen LogP contribution in [-0.4, -0.2) is 33.2 Å². The van der Waals surface area contributed by atoms with Crippen molar-refractivity contribution in [2.45, 2.75) is 39.7 Å². The van der Waals surface area contributed by atoms with Crippen molar-refractivity contribution in [3.05, 3.63) is 107 Å². The minimum Gasteiger partial charge on any atom is -0.311 e. The molecule has 4 rings (SSSR count). The summed E-state index contributed by atoms with van der Waals surface area (Å²) in [7, 11) is 0. The number of hydrogen-bond acceptors (Lipinski definition) is 4. The molecule has 0 saturated heterocycles. The van der Waals surface area contributed by atoms with Crippen LogP contribution in [0.4, 0.5) is 16.3 Å². The van der Waals surface area contributed by atoms with Crippen molar-refractivity contribution in [2.75, 3.05) is 17.2 Å². The van der Waals surface area contributed by atoms with Gasteiger partial charge in [0.05, 0.1) is 23.0 Å². The van der Waals surface area contributed by atoms with E-state index in [9.17, 15) is 9.59 Å². The summed E-state index contributed by atoms with van der Waals surface area (Å²) in [5.74, 6) is 0.176. The quantitative estimate of drug-likeness (QED) is 0.311. The molecule has 0 bridgehead atoms. The number of carbonyl (C=O) groups is 2. The Kier molecular flexibility index (Phi) is 8.11. The van der Waals surface area contributed by atoms with Gasteiger partial charge in [-0.1, -0.05) is 68.8 Å². The maximum absolute atomic E-state index is 13.3. The van der Waals surface area contributed by atoms with Crippen molar-refractivity contribution >= 4 is 23.4 Å². The van der Waals surface area contributed by atoms with E-state index in [-0.39, 0.29) is 24.4 Å². The Balaban J connectivity index is 1.57. The lowest BCUT2D eigenvalue weighted by Crippen LogP contribution is -2.40. The van der Waals surface area contributed by atoms with Gasteiger partial charge in [-0.15, -0.1) is 0 Å². The molecule has 2 N–H and O–H groups in total. The summed E-state index contributed by atoms with van der Waals surface area (Å²) >= 11 is 0. The second-order valence-electron chi connectivity index (χ2n) is 10.4. The summed E-state index contributed by atoms with van der Waals surface area (Å²) in [5.41, 5.74) is 4.47. The van der Waals surface area contributed by atoms with Gasteiger partial charge in [0.25, 0.3) is 0 Å². The van der Waals surface area contributed by atoms with Crippen LogP contribution in [0.1, 0.15) is 43.2 Å². The van der Waals surface area contributed by atoms with E-state index in [4.69, 9.17) is 10.4 Å². The number of aryl methyl sites for hydroxylation is 1. The highest BCUT2D eigenvalue weighted by atomic mass is 16.2. The number of nitrogens with zero attached hydrogens (tertiary/aromatic N) is 4. The molecule has 0 saturated carbocycles. The van der Waals surface area contributed by atoms with E-state index in [1.807, 2.05) is 67.6 Å². The fraction of sp³-hybridized carbons (Fsp3) is 0.226. The molecule has 1 heterocycles. The number of benzene rings is 3. The SMILES string of the molecule is Cc1ccc(-n2nc(C(C)(C)C)cc2NC(=O)CN(Cc2ccccc2)C(=O)Nc2ccc(C#N)cc2)cc1. The average molecular weight is 521 g/mol. The smallest absolute Gasteiger partial charge is 0.311 e. The molecule has 39 heavy (non-hydrogen) atoms. The monoisotopic (exact) mass is 520 g/mol. The van der Waals surface area contributed by atoms with Gasteiger partial charge in [0.15, 0.2) is 0 Å². The Labute approximate surface area is 228 Å². The number of amides is 3. The largest absolute Gasteiger partial charge is 0.322 e. The summed E-state index contributed by atoms with van der Waals surface area (Å²) in [5, 5.41) is 19.6. The van der Waals surface area contributed by atoms with Crippen LogP contribution in [0.2, 0.25) is 0 Å². The van der Waals surface area contributed by atoms with Crippen LogP contribution in [0.3, 0.4) is 0 Å². The van der Waals surface area contributed by atoms with E-state index in [1.54, 1.807) is 28.9 Å². The Hall–Kier alpha value is -4.90. The number of nitriles is 1. The molecule has 3 aromatic carbocycles. The number of hydrogen-bond donors (Lipinski definition) is 2. The minimum absolute atomic E-state index is 0.180. The Morgan fingerprint density at radius 2 is 1.62 bits per heavy atom. The molecule has 0 aliphatic carbocycles. The fourth-order valence-electron chi connectivity index (χ4n) is 3.91. The van der Waals surface area contributed by atoms with E-state index < -0.39 is 6.03 Å². The first-order valence-electron chi connectivity index (χ1n) is 12.7. The van der Waals surface area contributed by atoms with E-state index in [1.165, 1.54) is 4.90 Å². The fourth-order valence-corrected chi connectivity index (χ4v) is 3.91. The zero-order valence-corrected chi connectivity index (χ0v) is 22.6. The highest BCUT2D eigenvalue weighted by Crippen LogP contribution is 2.26. The van der Waals surface area contributed by atoms with Crippen molar-refractivity contribution in [1.82, 2.24) is 14.7 Å². The molecule has 0 fully saturated rings. The molecule has 0 unspecified atom stereocenters. The Bertz CT molecular complexity index is 1480. The third-order valence-corrected chi connectivity index (χ3v) is 6.13. The molecule has 0 radical (unpaired) electrons. The van der Waals surface area contributed by atoms with Gasteiger partial charge in [-0.2, -0.15) is 10.4 Å². The molecule has 8 heteroatoms. The van der Waals surface area contributed by atoms with Crippen LogP contribution in [0.25, 0.3) is 5.69 Å². The van der Waals surface area contributed by atoms with Gasteiger partial charge in [0, 0.05) is 23.7 Å². The predicted molar refractivity (Wildman–Crippen MR) is 153 cm³/mol. The number of nitrogens with one attached hydrogen (secondary N) is 2. The third-order valence-electron chi connectivity index (χ3n) is 6.13. The molecule has 198 valence electrons. The zero-order chi connectivity index (χ0) is 28.0. The van der Waals surface area contributed by atoms with Crippen LogP contribution in [0, 0.1) is 18.3 Å². The van der Waals surface area contributed by atoms with Gasteiger partial charge in [-0.3, -0.25) is 4.79 Å². The second kappa shape index (κ2) is 11.7. The van der Waals surface area contributed by atoms with Gasteiger partial charge in [0.1, 0.15) is 12.4 Å². The number of urea groups is 1. The Morgan fingerprint density at radius 1 is 0.949 bits per heavy atom. The molecule has 1 aromatic heterocycles. The number of carbonyl (C=O) groups excluding carboxylic acids is 2. The summed E-state index contributed by atoms with van der Waals surface area (Å²) in [6.07, 6.45) is 0. The van der Waals surface area contributed by atoms with E-state index in [0.717, 1.165) is 22.5 Å². The summed E-state index contributed by atoms with van der Waals surface area (Å²) in [6, 6.07) is 27.5. The van der Waals surface area contributed by atoms with Crippen LogP contribution >= 0.6 is 0 Å². The molecule has 0 aliphatic rings. The number of rotatable bonds is 7. The second-order valence-corrected chi connectivity index (χ2v) is 10.4. The minimum atomic E-state index is -0.430. The van der Waals surface area contributed by atoms with Crippen molar-refractivity contribution in [1.29, 1.82) is 5.26 Å². The standard InChI is InChI=1S/C31H32N6O2/c1-22-10-16-26(17-11-22)37-28(18-27(35-37)31(2,3)4)34-29(38)21-36(20-24-8-6-5-7-9-24)30(39)33-25-14-12-23(19-32)13-15-25/h5-18H,20-21H2,1-4H3,(H,33,39)(H,34,38). The van der Waals surface area contributed by atoms with Crippen molar-refractivity contribution in [3.8, 4) is 11.8 Å². The first-order chi connectivity index (χ1) is 18.6. The Morgan fingerprint density at radius 3 is 2.23 bits per heavy atom. The average Bonchev–Trinajstić information content (AvgIpc) is 3.34. The molecule has 0 atom stereocenters. The summed E-state index contributed by atoms with van der Waals surface area (Å²) in [4.78, 5) is 28.1. The van der Waals surface area contributed by atoms with E-state index in [0.29, 0.717) is 17.1 Å². The van der Waals surface area contributed by atoms with Crippen LogP contribution < -0.4 is 10.6 Å². The van der Waals surface area contributed by atoms with Gasteiger partial charge < -0.3 is 15.5 Å². The zero-order valence-electron chi connectivity index (χ0n) is 22.6. The van der Waals surface area contributed by atoms with Crippen LogP contribution in [-0.2, 0) is 16.8 Å². The topological polar surface area (TPSA) is 103 Å². The van der Waals surface area contributed by atoms with Gasteiger partial charge in [-0.05, 0) is 48.9 Å². The lowest BCUT2D eigenvalue weighted by atomic mass is 9.92. The maximum atomic E-state index is 13.3. The highest BCUT2D eigenvalue weighted by Gasteiger charge is 2.23. The third kappa shape index (κ3) is 7.11. The van der Waals surface area contributed by atoms with Crippen molar-refractivity contribution in [3.63, 3.8) is 0 Å². The number of anilines is 2. The molecular formula is C31H32N6O2. The summed E-state index contributed by atoms with van der Waals surface area (Å²) < 4.78 is 1.72. The first kappa shape index (κ1) is 27.1. The molecule has 8 nitrogen and oxygen atoms in total. The normalized spacial score (nSPS) is 10.9. The molecular weight excluding hydrogens is 488 g/mol. The van der Waals surface area contributed by atoms with Gasteiger partial charge in [0.2, 0.25) is 5.91 Å². The van der Waals surface area contributed by atoms with Gasteiger partial charge in [-0.25, -0.2) is 9.48 Å². The first-order valence-corrected chi connectivity index (χ1v) is 12.7. The van der Waals surface area contributed by atoms with Crippen molar-refractivity contribution in [2.24, 2.45) is 0 Å². The van der Waals surface area contributed by atoms with Crippen LogP contribution in [0.5, 0.6) is 0 Å². The molecule has 0 spiro atoms. The molecule has 3 amide bonds. The van der Waals surface area contributed by atoms with Crippen molar-refractivity contribution < 1.29 is 9.59 Å². The number of aromatic nitrogens is 2. The van der Waals surface area contributed by atoms with E-state index in [2.05, 4.69) is 37.5 Å². The lowest BCUT2D eigenvalue weighted by Gasteiger charge is -2.23. The maximum Gasteiger partial charge on any atom is 0.322 e.